The molecule has 7 nitrogen and oxygen atoms in total. The molecular weight excluding hydrogens is 198 g/mol. The molecule has 0 amide bonds. The first kappa shape index (κ1) is 17.9. The predicted molar refractivity (Wildman–Crippen MR) is 48.5 cm³/mol. The van der Waals surface area contributed by atoms with E-state index in [1.165, 1.54) is 0 Å². The van der Waals surface area contributed by atoms with Gasteiger partial charge >= 0.3 is 10.4 Å². The molecule has 0 aliphatic heterocycles. The van der Waals surface area contributed by atoms with E-state index in [0.717, 1.165) is 0 Å². The third-order valence-electron chi connectivity index (χ3n) is 0.566. The lowest BCUT2D eigenvalue weighted by Crippen LogP contribution is -1.89. The molecule has 0 aliphatic rings. The van der Waals surface area contributed by atoms with Crippen molar-refractivity contribution < 1.29 is 17.5 Å². The Morgan fingerprint density at radius 3 is 1.31 bits per heavy atom. The van der Waals surface area contributed by atoms with Crippen molar-refractivity contribution in [3.63, 3.8) is 0 Å². The molecule has 0 fully saturated rings. The summed E-state index contributed by atoms with van der Waals surface area (Å²) in [6.07, 6.45) is 3.50. The first-order valence-corrected chi connectivity index (χ1v) is 3.95. The number of hydrogen-bond acceptors (Lipinski definition) is 5. The third-order valence-corrected chi connectivity index (χ3v) is 0.566. The van der Waals surface area contributed by atoms with Gasteiger partial charge in [0.2, 0.25) is 0 Å². The third kappa shape index (κ3) is 35.8. The Morgan fingerprint density at radius 2 is 1.23 bits per heavy atom. The second-order valence-corrected chi connectivity index (χ2v) is 2.37. The molecular formula is C5H13N3O4S. The molecule has 0 spiro atoms. The lowest BCUT2D eigenvalue weighted by molar-refractivity contribution is 0.381. The summed E-state index contributed by atoms with van der Waals surface area (Å²) in [5.41, 5.74) is 0. The van der Waals surface area contributed by atoms with Crippen LogP contribution in [0.15, 0.2) is 30.6 Å². The molecule has 1 aromatic heterocycles. The minimum atomic E-state index is -4.67. The van der Waals surface area contributed by atoms with Gasteiger partial charge in [0.05, 0.1) is 0 Å². The molecule has 0 aromatic carbocycles. The summed E-state index contributed by atoms with van der Waals surface area (Å²) in [5, 5.41) is 0. The van der Waals surface area contributed by atoms with Gasteiger partial charge < -0.3 is 12.3 Å². The second kappa shape index (κ2) is 9.03. The summed E-state index contributed by atoms with van der Waals surface area (Å²) >= 11 is 0. The van der Waals surface area contributed by atoms with E-state index in [9.17, 15) is 0 Å². The van der Waals surface area contributed by atoms with Gasteiger partial charge in [-0.25, -0.2) is 0 Å². The van der Waals surface area contributed by atoms with Crippen molar-refractivity contribution in [2.75, 3.05) is 0 Å². The Labute approximate surface area is 76.6 Å². The molecule has 0 aliphatic carbocycles. The highest BCUT2D eigenvalue weighted by atomic mass is 32.3. The number of nitrogens with zero attached hydrogens (tertiary/aromatic N) is 1. The highest BCUT2D eigenvalue weighted by molar-refractivity contribution is 7.79. The van der Waals surface area contributed by atoms with Gasteiger partial charge in [0, 0.05) is 12.4 Å². The van der Waals surface area contributed by atoms with Crippen LogP contribution >= 0.6 is 0 Å². The highest BCUT2D eigenvalue weighted by Gasteiger charge is 1.84. The number of pyridine rings is 1. The molecule has 0 atom stereocenters. The van der Waals surface area contributed by atoms with Crippen LogP contribution in [0.1, 0.15) is 0 Å². The first-order valence-electron chi connectivity index (χ1n) is 2.55. The van der Waals surface area contributed by atoms with Crippen LogP contribution in [0, 0.1) is 0 Å². The van der Waals surface area contributed by atoms with Crippen molar-refractivity contribution in [1.82, 2.24) is 17.3 Å². The van der Waals surface area contributed by atoms with Crippen LogP contribution in [0.3, 0.4) is 0 Å². The van der Waals surface area contributed by atoms with Crippen LogP contribution in [0.5, 0.6) is 0 Å². The number of hydrogen-bond donors (Lipinski definition) is 4. The maximum Gasteiger partial charge on any atom is 0.394 e. The van der Waals surface area contributed by atoms with Crippen LogP contribution in [0.4, 0.5) is 0 Å². The molecule has 78 valence electrons. The first-order chi connectivity index (χ1) is 5.00. The fraction of sp³-hybridized carbons (Fsp3) is 0. The van der Waals surface area contributed by atoms with E-state index in [-0.39, 0.29) is 12.3 Å². The van der Waals surface area contributed by atoms with E-state index in [1.807, 2.05) is 18.2 Å². The molecule has 0 unspecified atom stereocenters. The van der Waals surface area contributed by atoms with E-state index < -0.39 is 10.4 Å². The van der Waals surface area contributed by atoms with Gasteiger partial charge in [0.15, 0.2) is 0 Å². The van der Waals surface area contributed by atoms with Gasteiger partial charge in [0.25, 0.3) is 0 Å². The van der Waals surface area contributed by atoms with Gasteiger partial charge in [-0.1, -0.05) is 6.07 Å². The molecule has 1 rings (SSSR count). The van der Waals surface area contributed by atoms with Gasteiger partial charge in [-0.2, -0.15) is 8.42 Å². The van der Waals surface area contributed by atoms with E-state index in [2.05, 4.69) is 4.98 Å². The maximum absolute atomic E-state index is 8.74. The van der Waals surface area contributed by atoms with Crippen LogP contribution in [-0.2, 0) is 10.4 Å². The summed E-state index contributed by atoms with van der Waals surface area (Å²) in [6.45, 7) is 0. The Bertz CT molecular complexity index is 240. The average Bonchev–Trinajstić information content (AvgIpc) is 1.88. The summed E-state index contributed by atoms with van der Waals surface area (Å²) in [6, 6.07) is 5.72. The minimum Gasteiger partial charge on any atom is -0.344 e. The fourth-order valence-electron chi connectivity index (χ4n) is 0.313. The Balaban J connectivity index is -0.000000136. The number of rotatable bonds is 0. The summed E-state index contributed by atoms with van der Waals surface area (Å²) in [5.74, 6) is 0. The molecule has 8 N–H and O–H groups in total. The quantitative estimate of drug-likeness (QED) is 0.461. The average molecular weight is 211 g/mol. The largest absolute Gasteiger partial charge is 0.394 e. The van der Waals surface area contributed by atoms with E-state index in [4.69, 9.17) is 17.5 Å². The van der Waals surface area contributed by atoms with Crippen LogP contribution in [0.2, 0.25) is 0 Å². The molecule has 13 heavy (non-hydrogen) atoms. The Hall–Kier alpha value is -1.06. The fourth-order valence-corrected chi connectivity index (χ4v) is 0.313. The summed E-state index contributed by atoms with van der Waals surface area (Å²) in [4.78, 5) is 3.78. The zero-order valence-corrected chi connectivity index (χ0v) is 7.68. The van der Waals surface area contributed by atoms with Crippen molar-refractivity contribution in [2.24, 2.45) is 0 Å². The van der Waals surface area contributed by atoms with Crippen molar-refractivity contribution in [1.29, 1.82) is 0 Å². The number of aromatic nitrogens is 1. The maximum atomic E-state index is 8.74. The normalized spacial score (nSPS) is 8.15. The molecule has 0 bridgehead atoms. The monoisotopic (exact) mass is 211 g/mol. The van der Waals surface area contributed by atoms with E-state index >= 15 is 0 Å². The molecule has 0 radical (unpaired) electrons. The lowest BCUT2D eigenvalue weighted by atomic mass is 10.5. The van der Waals surface area contributed by atoms with Gasteiger partial charge in [-0.05, 0) is 12.1 Å². The Morgan fingerprint density at radius 1 is 0.923 bits per heavy atom. The van der Waals surface area contributed by atoms with Crippen LogP contribution in [0.25, 0.3) is 0 Å². The smallest absolute Gasteiger partial charge is 0.344 e. The summed E-state index contributed by atoms with van der Waals surface area (Å²) in [7, 11) is -4.67. The SMILES string of the molecule is N.N.O=S(=O)(O)O.c1ccncc1. The highest BCUT2D eigenvalue weighted by Crippen LogP contribution is 1.73. The van der Waals surface area contributed by atoms with Crippen LogP contribution < -0.4 is 12.3 Å². The van der Waals surface area contributed by atoms with Crippen molar-refractivity contribution in [2.45, 2.75) is 0 Å². The zero-order chi connectivity index (χ0) is 8.74. The predicted octanol–water partition coefficient (Wildman–Crippen LogP) is 0.753. The summed E-state index contributed by atoms with van der Waals surface area (Å²) < 4.78 is 31.6. The lowest BCUT2D eigenvalue weighted by Gasteiger charge is -1.70. The topological polar surface area (TPSA) is 157 Å². The molecule has 1 aromatic rings. The van der Waals surface area contributed by atoms with Gasteiger partial charge in [-0.15, -0.1) is 0 Å². The second-order valence-electron chi connectivity index (χ2n) is 1.47. The van der Waals surface area contributed by atoms with Crippen molar-refractivity contribution >= 4 is 10.4 Å². The molecule has 8 heteroatoms. The van der Waals surface area contributed by atoms with Gasteiger partial charge in [-0.3, -0.25) is 14.1 Å². The van der Waals surface area contributed by atoms with E-state index in [1.54, 1.807) is 12.4 Å². The molecule has 0 saturated carbocycles. The minimum absolute atomic E-state index is 0. The Kier molecular flexibility index (Phi) is 12.4. The van der Waals surface area contributed by atoms with Crippen molar-refractivity contribution in [3.05, 3.63) is 30.6 Å². The van der Waals surface area contributed by atoms with Gasteiger partial charge in [0.1, 0.15) is 0 Å². The standard InChI is InChI=1S/C5H5N.2H3N.H2O4S/c1-2-4-6-5-3-1;;;1-5(2,3)4/h1-5H;2*1H3;(H2,1,2,3,4). The van der Waals surface area contributed by atoms with Crippen LogP contribution in [-0.4, -0.2) is 22.5 Å². The van der Waals surface area contributed by atoms with Crippen molar-refractivity contribution in [3.8, 4) is 0 Å². The molecule has 0 saturated heterocycles. The van der Waals surface area contributed by atoms with E-state index in [0.29, 0.717) is 0 Å². The molecule has 1 heterocycles. The zero-order valence-electron chi connectivity index (χ0n) is 6.87.